The van der Waals surface area contributed by atoms with E-state index in [4.69, 9.17) is 44.3 Å². The second-order valence-electron chi connectivity index (χ2n) is 6.82. The van der Waals surface area contributed by atoms with Crippen molar-refractivity contribution < 1.29 is 13.7 Å². The number of hydrogen-bond acceptors (Lipinski definition) is 4. The first kappa shape index (κ1) is 23.7. The Hall–Kier alpha value is -1.96. The van der Waals surface area contributed by atoms with Gasteiger partial charge in [-0.2, -0.15) is 0 Å². The second kappa shape index (κ2) is 11.1. The van der Waals surface area contributed by atoms with Crippen LogP contribution in [-0.4, -0.2) is 36.4 Å². The molecule has 0 amide bonds. The highest BCUT2D eigenvalue weighted by atomic mass is 35.5. The van der Waals surface area contributed by atoms with Crippen LogP contribution in [0.2, 0.25) is 15.1 Å². The third-order valence-corrected chi connectivity index (χ3v) is 6.28. The molecule has 31 heavy (non-hydrogen) atoms. The molecular formula is C22H21Cl3N2O3S. The maximum atomic E-state index is 12.7. The van der Waals surface area contributed by atoms with E-state index in [2.05, 4.69) is 4.72 Å². The molecule has 0 radical (unpaired) electrons. The maximum absolute atomic E-state index is 12.7. The summed E-state index contributed by atoms with van der Waals surface area (Å²) in [6.07, 6.45) is 0. The number of rotatable bonds is 9. The van der Waals surface area contributed by atoms with Gasteiger partial charge in [-0.05, 0) is 62.6 Å². The van der Waals surface area contributed by atoms with E-state index in [0.717, 1.165) is 6.54 Å². The first-order valence-corrected chi connectivity index (χ1v) is 11.6. The van der Waals surface area contributed by atoms with Gasteiger partial charge < -0.3 is 19.1 Å². The van der Waals surface area contributed by atoms with Crippen molar-refractivity contribution in [3.8, 4) is 17.2 Å². The van der Waals surface area contributed by atoms with Gasteiger partial charge in [-0.25, -0.2) is 4.21 Å². The van der Waals surface area contributed by atoms with Crippen LogP contribution in [0.5, 0.6) is 17.2 Å². The van der Waals surface area contributed by atoms with Crippen LogP contribution < -0.4 is 14.2 Å². The molecule has 0 fully saturated rings. The van der Waals surface area contributed by atoms with Gasteiger partial charge >= 0.3 is 0 Å². The quantitative estimate of drug-likeness (QED) is 0.364. The summed E-state index contributed by atoms with van der Waals surface area (Å²) in [6, 6.07) is 17.1. The number of halogens is 3. The Morgan fingerprint density at radius 1 is 0.871 bits per heavy atom. The molecule has 1 N–H and O–H groups in total. The average Bonchev–Trinajstić information content (AvgIpc) is 2.73. The summed E-state index contributed by atoms with van der Waals surface area (Å²) in [6.45, 7) is 1.26. The first-order valence-electron chi connectivity index (χ1n) is 9.30. The summed E-state index contributed by atoms with van der Waals surface area (Å²) in [5.41, 5.74) is 0.638. The fraction of sp³-hybridized carbons (Fsp3) is 0.182. The Morgan fingerprint density at radius 3 is 2.23 bits per heavy atom. The number of benzene rings is 3. The smallest absolute Gasteiger partial charge is 0.150 e. The van der Waals surface area contributed by atoms with E-state index < -0.39 is 11.0 Å². The minimum absolute atomic E-state index is 0.411. The molecule has 3 aromatic carbocycles. The van der Waals surface area contributed by atoms with Crippen molar-refractivity contribution in [2.24, 2.45) is 0 Å². The van der Waals surface area contributed by atoms with Crippen molar-refractivity contribution in [1.82, 2.24) is 4.90 Å². The van der Waals surface area contributed by atoms with Crippen LogP contribution >= 0.6 is 34.8 Å². The van der Waals surface area contributed by atoms with Gasteiger partial charge in [-0.3, -0.25) is 0 Å². The molecule has 0 spiro atoms. The molecular weight excluding hydrogens is 479 g/mol. The second-order valence-corrected chi connectivity index (χ2v) is 9.25. The van der Waals surface area contributed by atoms with Crippen LogP contribution in [0, 0.1) is 0 Å². The molecule has 0 aliphatic rings. The summed E-state index contributed by atoms with van der Waals surface area (Å²) in [5, 5.41) is 1.37. The Bertz CT molecular complexity index is 1060. The Labute approximate surface area is 199 Å². The van der Waals surface area contributed by atoms with Crippen molar-refractivity contribution in [2.75, 3.05) is 32.0 Å². The highest BCUT2D eigenvalue weighted by Gasteiger charge is 2.09. The standard InChI is InChI=1S/C22H21Cl3N2O3S/c1-27(2)11-12-29-22-13-15(3-9-20(22)24)26-31(28)18-7-4-16(5-8-18)30-17-6-10-19(23)21(25)14-17/h3-10,13-14,26H,11-12H2,1-2H3. The number of ether oxygens (including phenoxy) is 2. The molecule has 0 aromatic heterocycles. The van der Waals surface area contributed by atoms with Gasteiger partial charge in [-0.15, -0.1) is 0 Å². The summed E-state index contributed by atoms with van der Waals surface area (Å²) in [4.78, 5) is 2.60. The highest BCUT2D eigenvalue weighted by molar-refractivity contribution is 7.86. The minimum Gasteiger partial charge on any atom is -0.491 e. The Kier molecular flexibility index (Phi) is 8.46. The van der Waals surface area contributed by atoms with Crippen LogP contribution in [0.25, 0.3) is 0 Å². The monoisotopic (exact) mass is 498 g/mol. The summed E-state index contributed by atoms with van der Waals surface area (Å²) < 4.78 is 27.1. The molecule has 3 aromatic rings. The largest absolute Gasteiger partial charge is 0.491 e. The third-order valence-electron chi connectivity index (χ3n) is 4.10. The lowest BCUT2D eigenvalue weighted by atomic mass is 10.3. The van der Waals surface area contributed by atoms with Gasteiger partial charge in [0.25, 0.3) is 0 Å². The zero-order valence-electron chi connectivity index (χ0n) is 16.9. The molecule has 0 aliphatic heterocycles. The van der Waals surface area contributed by atoms with Gasteiger partial charge in [0.1, 0.15) is 34.8 Å². The Balaban J connectivity index is 1.63. The SMILES string of the molecule is CN(C)CCOc1cc(NS(=O)c2ccc(Oc3ccc(Cl)c(Cl)c3)cc2)ccc1Cl. The van der Waals surface area contributed by atoms with Gasteiger partial charge in [0.15, 0.2) is 0 Å². The molecule has 0 saturated carbocycles. The first-order chi connectivity index (χ1) is 14.8. The lowest BCUT2D eigenvalue weighted by Gasteiger charge is -2.13. The van der Waals surface area contributed by atoms with E-state index >= 15 is 0 Å². The van der Waals surface area contributed by atoms with Gasteiger partial charge in [0, 0.05) is 18.7 Å². The number of likely N-dealkylation sites (N-methyl/N-ethyl adjacent to an activating group) is 1. The molecule has 0 aliphatic carbocycles. The van der Waals surface area contributed by atoms with E-state index in [1.807, 2.05) is 19.0 Å². The fourth-order valence-corrected chi connectivity index (χ4v) is 3.79. The highest BCUT2D eigenvalue weighted by Crippen LogP contribution is 2.31. The average molecular weight is 500 g/mol. The van der Waals surface area contributed by atoms with Crippen molar-refractivity contribution >= 4 is 51.5 Å². The lowest BCUT2D eigenvalue weighted by molar-refractivity contribution is 0.261. The zero-order chi connectivity index (χ0) is 22.4. The third kappa shape index (κ3) is 7.02. The summed E-state index contributed by atoms with van der Waals surface area (Å²) >= 11 is 18.1. The van der Waals surface area contributed by atoms with Crippen LogP contribution in [-0.2, 0) is 11.0 Å². The predicted molar refractivity (Wildman–Crippen MR) is 129 cm³/mol. The van der Waals surface area contributed by atoms with E-state index in [9.17, 15) is 4.21 Å². The molecule has 0 bridgehead atoms. The maximum Gasteiger partial charge on any atom is 0.150 e. The van der Waals surface area contributed by atoms with Gasteiger partial charge in [0.2, 0.25) is 0 Å². The van der Waals surface area contributed by atoms with Crippen LogP contribution in [0.4, 0.5) is 5.69 Å². The lowest BCUT2D eigenvalue weighted by Crippen LogP contribution is -2.19. The van der Waals surface area contributed by atoms with E-state index in [-0.39, 0.29) is 0 Å². The molecule has 9 heteroatoms. The van der Waals surface area contributed by atoms with Gasteiger partial charge in [0.05, 0.1) is 25.7 Å². The van der Waals surface area contributed by atoms with Crippen molar-refractivity contribution in [2.45, 2.75) is 4.90 Å². The van der Waals surface area contributed by atoms with Gasteiger partial charge in [-0.1, -0.05) is 34.8 Å². The van der Waals surface area contributed by atoms with E-state index in [1.54, 1.807) is 60.7 Å². The van der Waals surface area contributed by atoms with E-state index in [0.29, 0.717) is 49.5 Å². The van der Waals surface area contributed by atoms with Crippen molar-refractivity contribution in [3.63, 3.8) is 0 Å². The molecule has 164 valence electrons. The van der Waals surface area contributed by atoms with Crippen molar-refractivity contribution in [1.29, 1.82) is 0 Å². The number of nitrogens with one attached hydrogen (secondary N) is 1. The summed E-state index contributed by atoms with van der Waals surface area (Å²) in [7, 11) is 2.46. The van der Waals surface area contributed by atoms with Crippen LogP contribution in [0.1, 0.15) is 0 Å². The predicted octanol–water partition coefficient (Wildman–Crippen LogP) is 6.51. The molecule has 0 saturated heterocycles. The molecule has 5 nitrogen and oxygen atoms in total. The van der Waals surface area contributed by atoms with Crippen LogP contribution in [0.3, 0.4) is 0 Å². The molecule has 1 unspecified atom stereocenters. The topological polar surface area (TPSA) is 50.8 Å². The molecule has 1 atom stereocenters. The van der Waals surface area contributed by atoms with Crippen molar-refractivity contribution in [3.05, 3.63) is 75.7 Å². The minimum atomic E-state index is -1.47. The number of nitrogens with zero attached hydrogens (tertiary/aromatic N) is 1. The normalized spacial score (nSPS) is 11.9. The Morgan fingerprint density at radius 2 is 1.55 bits per heavy atom. The summed E-state index contributed by atoms with van der Waals surface area (Å²) in [5.74, 6) is 1.68. The number of anilines is 1. The fourth-order valence-electron chi connectivity index (χ4n) is 2.49. The molecule has 0 heterocycles. The van der Waals surface area contributed by atoms with Crippen LogP contribution in [0.15, 0.2) is 65.6 Å². The number of hydrogen-bond donors (Lipinski definition) is 1. The van der Waals surface area contributed by atoms with E-state index in [1.165, 1.54) is 0 Å². The zero-order valence-corrected chi connectivity index (χ0v) is 20.0. The molecule has 3 rings (SSSR count).